The topological polar surface area (TPSA) is 210 Å². The molecular weight excluding hydrogens is 927 g/mol. The van der Waals surface area contributed by atoms with Crippen molar-refractivity contribution in [3.63, 3.8) is 0 Å². The van der Waals surface area contributed by atoms with Gasteiger partial charge in [0.15, 0.2) is 0 Å². The summed E-state index contributed by atoms with van der Waals surface area (Å²) in [6, 6.07) is 33.7. The lowest BCUT2D eigenvalue weighted by molar-refractivity contribution is -0.142. The molecule has 0 radical (unpaired) electrons. The van der Waals surface area contributed by atoms with E-state index in [0.29, 0.717) is 28.2 Å². The second-order valence-corrected chi connectivity index (χ2v) is 20.8. The molecule has 0 spiro atoms. The largest absolute Gasteiger partial charge is 0.488 e. The summed E-state index contributed by atoms with van der Waals surface area (Å²) in [5.74, 6) is -3.20. The van der Waals surface area contributed by atoms with E-state index in [1.807, 2.05) is 104 Å². The van der Waals surface area contributed by atoms with Crippen LogP contribution in [0.2, 0.25) is 0 Å². The molecule has 0 unspecified atom stereocenters. The second kappa shape index (κ2) is 24.6. The van der Waals surface area contributed by atoms with Crippen molar-refractivity contribution < 1.29 is 48.1 Å². The van der Waals surface area contributed by atoms with E-state index in [2.05, 4.69) is 26.6 Å². The zero-order chi connectivity index (χ0) is 52.9. The Morgan fingerprint density at radius 1 is 0.521 bits per heavy atom. The van der Waals surface area contributed by atoms with Crippen LogP contribution in [0.5, 0.6) is 11.5 Å². The number of rotatable bonds is 22. The number of carbonyl (C=O) groups is 6. The fourth-order valence-electron chi connectivity index (χ4n) is 8.60. The Bertz CT molecular complexity index is 2650. The molecule has 73 heavy (non-hydrogen) atoms. The van der Waals surface area contributed by atoms with Crippen molar-refractivity contribution in [2.75, 3.05) is 13.2 Å². The molecule has 0 saturated carbocycles. The number of nitrogens with one attached hydrogen (secondary N) is 5. The quantitative estimate of drug-likeness (QED) is 0.0398. The van der Waals surface area contributed by atoms with Crippen LogP contribution in [0.3, 0.4) is 0 Å². The predicted octanol–water partition coefficient (Wildman–Crippen LogP) is 7.68. The Morgan fingerprint density at radius 2 is 0.932 bits per heavy atom. The highest BCUT2D eigenvalue weighted by Gasteiger charge is 2.33. The maximum Gasteiger partial charge on any atom is 0.407 e. The molecule has 5 aromatic rings. The van der Waals surface area contributed by atoms with E-state index < -0.39 is 77.6 Å². The van der Waals surface area contributed by atoms with Crippen LogP contribution >= 0.6 is 0 Å². The lowest BCUT2D eigenvalue weighted by Crippen LogP contribution is -2.59. The number of alkyl carbamates (subject to hydrolysis) is 1. The van der Waals surface area contributed by atoms with Crippen LogP contribution in [0.15, 0.2) is 127 Å². The Balaban J connectivity index is 1.19. The van der Waals surface area contributed by atoms with Gasteiger partial charge in [-0.15, -0.1) is 0 Å². The van der Waals surface area contributed by atoms with Gasteiger partial charge in [-0.2, -0.15) is 0 Å². The Morgan fingerprint density at radius 3 is 1.38 bits per heavy atom. The maximum atomic E-state index is 14.7. The van der Waals surface area contributed by atoms with Gasteiger partial charge in [-0.3, -0.25) is 19.2 Å². The molecule has 6 rings (SSSR count). The van der Waals surface area contributed by atoms with Crippen LogP contribution in [0, 0.1) is 5.92 Å². The van der Waals surface area contributed by atoms with Gasteiger partial charge in [0, 0.05) is 25.2 Å². The smallest absolute Gasteiger partial charge is 0.407 e. The normalized spacial score (nSPS) is 13.8. The molecule has 0 bridgehead atoms. The monoisotopic (exact) mass is 996 g/mol. The average molecular weight is 996 g/mol. The highest BCUT2D eigenvalue weighted by molar-refractivity contribution is 5.95. The van der Waals surface area contributed by atoms with Gasteiger partial charge in [0.1, 0.15) is 60.0 Å². The second-order valence-electron chi connectivity index (χ2n) is 20.8. The first-order chi connectivity index (χ1) is 34.6. The van der Waals surface area contributed by atoms with Gasteiger partial charge in [-0.05, 0) is 117 Å². The number of carboxylic acids is 1. The van der Waals surface area contributed by atoms with E-state index in [9.17, 15) is 33.9 Å². The van der Waals surface area contributed by atoms with Crippen molar-refractivity contribution in [2.24, 2.45) is 5.92 Å². The predicted molar refractivity (Wildman–Crippen MR) is 279 cm³/mol. The van der Waals surface area contributed by atoms with Gasteiger partial charge in [-0.1, -0.05) is 117 Å². The summed E-state index contributed by atoms with van der Waals surface area (Å²) in [7, 11) is 0. The Labute approximate surface area is 428 Å². The number of carbonyl (C=O) groups excluding carboxylic acids is 5. The van der Waals surface area contributed by atoms with E-state index in [4.69, 9.17) is 14.2 Å². The molecule has 15 heteroatoms. The third kappa shape index (κ3) is 16.7. The van der Waals surface area contributed by atoms with Gasteiger partial charge in [0.25, 0.3) is 0 Å². The van der Waals surface area contributed by atoms with Crippen molar-refractivity contribution >= 4 is 35.7 Å². The van der Waals surface area contributed by atoms with Crippen molar-refractivity contribution in [1.29, 1.82) is 0 Å². The van der Waals surface area contributed by atoms with Crippen LogP contribution in [0.1, 0.15) is 95.5 Å². The van der Waals surface area contributed by atoms with Crippen LogP contribution in [0.4, 0.5) is 4.79 Å². The van der Waals surface area contributed by atoms with Crippen LogP contribution in [0.25, 0.3) is 11.1 Å². The first-order valence-corrected chi connectivity index (χ1v) is 24.7. The third-order valence-electron chi connectivity index (χ3n) is 11.8. The minimum Gasteiger partial charge on any atom is -0.488 e. The summed E-state index contributed by atoms with van der Waals surface area (Å²) in [5.41, 5.74) is 5.24. The van der Waals surface area contributed by atoms with Crippen LogP contribution in [-0.4, -0.2) is 89.3 Å². The number of amides is 5. The Kier molecular flexibility index (Phi) is 18.4. The Hall–Kier alpha value is -7.68. The SMILES string of the molecule is CC(C)C[C@H](NC(=O)CNC(=O)OCC1c2ccccc2-c2ccccc21)C(=O)N[C@@H](Cc1ccc(OC(C)(C)C)cc1)C(=O)N[C@H](Cc1ccc(OC(C)(C)C)cc1)C(=O)N[C@@H](Cc1ccccc1)C(=O)O. The first-order valence-electron chi connectivity index (χ1n) is 24.7. The number of carboxylic acid groups (broad SMARTS) is 1. The highest BCUT2D eigenvalue weighted by atomic mass is 16.5. The highest BCUT2D eigenvalue weighted by Crippen LogP contribution is 2.44. The standard InChI is InChI=1S/C58H69N5O10/c1-36(2)30-47(60-51(64)34-59-56(70)71-35-46-44-20-14-12-18-42(44)43-19-13-15-21-45(43)46)52(65)61-48(31-38-22-26-40(27-23-38)72-57(3,4)5)53(66)62-49(32-39-24-28-41(29-25-39)73-58(6,7)8)54(67)63-50(55(68)69)33-37-16-10-9-11-17-37/h9-29,36,46-50H,30-35H2,1-8H3,(H,59,70)(H,60,64)(H,61,65)(H,62,66)(H,63,67)(H,68,69)/t47-,48-,49+,50-/m0/s1. The van der Waals surface area contributed by atoms with Crippen LogP contribution < -0.4 is 36.1 Å². The molecule has 0 aliphatic heterocycles. The summed E-state index contributed by atoms with van der Waals surface area (Å²) in [5, 5.41) is 23.8. The van der Waals surface area contributed by atoms with E-state index in [-0.39, 0.29) is 44.1 Å². The summed E-state index contributed by atoms with van der Waals surface area (Å²) in [6.07, 6.45) is -0.738. The van der Waals surface area contributed by atoms with Gasteiger partial charge in [0.05, 0.1) is 0 Å². The lowest BCUT2D eigenvalue weighted by atomic mass is 9.98. The molecule has 0 heterocycles. The number of hydrogen-bond acceptors (Lipinski definition) is 9. The fourth-order valence-corrected chi connectivity index (χ4v) is 8.60. The molecule has 15 nitrogen and oxygen atoms in total. The molecule has 0 fully saturated rings. The summed E-state index contributed by atoms with van der Waals surface area (Å²) in [6.45, 7) is 14.8. The molecule has 5 aromatic carbocycles. The van der Waals surface area contributed by atoms with Gasteiger partial charge >= 0.3 is 12.1 Å². The van der Waals surface area contributed by atoms with Crippen molar-refractivity contribution in [1.82, 2.24) is 26.6 Å². The number of benzene rings is 5. The molecule has 386 valence electrons. The zero-order valence-corrected chi connectivity index (χ0v) is 43.0. The summed E-state index contributed by atoms with van der Waals surface area (Å²) < 4.78 is 17.6. The zero-order valence-electron chi connectivity index (χ0n) is 43.0. The molecule has 4 atom stereocenters. The molecule has 6 N–H and O–H groups in total. The minimum atomic E-state index is -1.33. The lowest BCUT2D eigenvalue weighted by Gasteiger charge is -2.27. The first kappa shape index (κ1) is 54.6. The maximum absolute atomic E-state index is 14.7. The number of aliphatic carboxylic acids is 1. The molecule has 0 aromatic heterocycles. The van der Waals surface area contributed by atoms with E-state index >= 15 is 0 Å². The van der Waals surface area contributed by atoms with Gasteiger partial charge < -0.3 is 45.9 Å². The fraction of sp³-hybridized carbons (Fsp3) is 0.379. The third-order valence-corrected chi connectivity index (χ3v) is 11.8. The molecular formula is C58H69N5O10. The molecule has 5 amide bonds. The van der Waals surface area contributed by atoms with Gasteiger partial charge in [-0.25, -0.2) is 9.59 Å². The number of hydrogen-bond donors (Lipinski definition) is 6. The van der Waals surface area contributed by atoms with Crippen molar-refractivity contribution in [3.05, 3.63) is 155 Å². The molecule has 1 aliphatic rings. The average Bonchev–Trinajstić information content (AvgIpc) is 3.65. The van der Waals surface area contributed by atoms with Crippen molar-refractivity contribution in [3.8, 4) is 22.6 Å². The summed E-state index contributed by atoms with van der Waals surface area (Å²) >= 11 is 0. The molecule has 0 saturated heterocycles. The van der Waals surface area contributed by atoms with E-state index in [0.717, 1.165) is 22.3 Å². The minimum absolute atomic E-state index is 0.0147. The number of fused-ring (bicyclic) bond motifs is 3. The van der Waals surface area contributed by atoms with Crippen LogP contribution in [-0.2, 0) is 48.0 Å². The van der Waals surface area contributed by atoms with Gasteiger partial charge in [0.2, 0.25) is 23.6 Å². The molecule has 1 aliphatic carbocycles. The van der Waals surface area contributed by atoms with E-state index in [1.165, 1.54) is 0 Å². The number of ether oxygens (including phenoxy) is 3. The van der Waals surface area contributed by atoms with Crippen molar-refractivity contribution in [2.45, 2.75) is 122 Å². The van der Waals surface area contributed by atoms with E-state index in [1.54, 1.807) is 78.9 Å². The summed E-state index contributed by atoms with van der Waals surface area (Å²) in [4.78, 5) is 82.3.